The summed E-state index contributed by atoms with van der Waals surface area (Å²) in [7, 11) is 1.64. The topological polar surface area (TPSA) is 60.8 Å². The minimum atomic E-state index is -0.199. The summed E-state index contributed by atoms with van der Waals surface area (Å²) in [6.45, 7) is 3.50. The molecule has 3 heterocycles. The van der Waals surface area contributed by atoms with Crippen LogP contribution in [0.2, 0.25) is 5.02 Å². The Labute approximate surface area is 232 Å². The number of aromatic nitrogens is 2. The molecular formula is C29H29ClN4O3S. The average Bonchev–Trinajstić information content (AvgIpc) is 3.55. The number of benzene rings is 2. The molecule has 38 heavy (non-hydrogen) atoms. The normalized spacial score (nSPS) is 16.9. The standard InChI is InChI=1S/C29H29ClN4O3S/c1-3-36-22-12-9-20(10-13-22)33-16-6-8-25(33)28-27(24-7-4-5-15-31-24)32-29(38)34(28)21-11-14-26(23(30)19-21)37-18-17-35-2/h4-16,19,27-28H,3,17-18H2,1-2H3,(H,32,38)/t27-,28-/m1/s1. The lowest BCUT2D eigenvalue weighted by atomic mass is 10.0. The van der Waals surface area contributed by atoms with Crippen LogP contribution < -0.4 is 19.7 Å². The third kappa shape index (κ3) is 5.34. The molecule has 5 rings (SSSR count). The fraction of sp³-hybridized carbons (Fsp3) is 0.241. The molecule has 1 N–H and O–H groups in total. The minimum Gasteiger partial charge on any atom is -0.494 e. The molecule has 0 unspecified atom stereocenters. The summed E-state index contributed by atoms with van der Waals surface area (Å²) in [5, 5.41) is 4.60. The van der Waals surface area contributed by atoms with E-state index in [2.05, 4.69) is 44.2 Å². The zero-order chi connectivity index (χ0) is 26.5. The summed E-state index contributed by atoms with van der Waals surface area (Å²) in [6, 6.07) is 23.5. The Balaban J connectivity index is 1.56. The molecule has 7 nitrogen and oxygen atoms in total. The number of methoxy groups -OCH3 is 1. The summed E-state index contributed by atoms with van der Waals surface area (Å²) in [6.07, 6.45) is 3.86. The molecule has 2 aromatic carbocycles. The van der Waals surface area contributed by atoms with Crippen LogP contribution in [0.4, 0.5) is 5.69 Å². The number of hydrogen-bond donors (Lipinski definition) is 1. The van der Waals surface area contributed by atoms with E-state index in [1.54, 1.807) is 13.3 Å². The van der Waals surface area contributed by atoms with Crippen molar-refractivity contribution in [2.45, 2.75) is 19.0 Å². The van der Waals surface area contributed by atoms with Crippen LogP contribution in [0.5, 0.6) is 11.5 Å². The highest BCUT2D eigenvalue weighted by molar-refractivity contribution is 7.80. The fourth-order valence-electron chi connectivity index (χ4n) is 4.66. The van der Waals surface area contributed by atoms with Crippen LogP contribution in [-0.4, -0.2) is 41.6 Å². The maximum atomic E-state index is 6.64. The smallest absolute Gasteiger partial charge is 0.174 e. The molecule has 0 radical (unpaired) electrons. The van der Waals surface area contributed by atoms with Crippen molar-refractivity contribution in [3.63, 3.8) is 0 Å². The van der Waals surface area contributed by atoms with E-state index >= 15 is 0 Å². The Morgan fingerprint density at radius 3 is 2.50 bits per heavy atom. The lowest BCUT2D eigenvalue weighted by Gasteiger charge is -2.29. The van der Waals surface area contributed by atoms with E-state index in [9.17, 15) is 0 Å². The van der Waals surface area contributed by atoms with Gasteiger partial charge in [-0.05, 0) is 85.9 Å². The highest BCUT2D eigenvalue weighted by atomic mass is 35.5. The second-order valence-electron chi connectivity index (χ2n) is 8.68. The van der Waals surface area contributed by atoms with Gasteiger partial charge < -0.3 is 29.0 Å². The van der Waals surface area contributed by atoms with Crippen molar-refractivity contribution >= 4 is 34.6 Å². The van der Waals surface area contributed by atoms with Crippen molar-refractivity contribution < 1.29 is 14.2 Å². The van der Waals surface area contributed by atoms with Gasteiger partial charge in [0.2, 0.25) is 0 Å². The zero-order valence-electron chi connectivity index (χ0n) is 21.2. The highest BCUT2D eigenvalue weighted by Gasteiger charge is 2.42. The molecule has 0 spiro atoms. The first-order valence-corrected chi connectivity index (χ1v) is 13.2. The van der Waals surface area contributed by atoms with Crippen molar-refractivity contribution in [2.75, 3.05) is 31.8 Å². The van der Waals surface area contributed by atoms with E-state index in [0.717, 1.165) is 28.5 Å². The molecule has 0 saturated carbocycles. The van der Waals surface area contributed by atoms with Gasteiger partial charge in [-0.15, -0.1) is 0 Å². The van der Waals surface area contributed by atoms with Gasteiger partial charge in [0.1, 0.15) is 24.1 Å². The number of hydrogen-bond acceptors (Lipinski definition) is 5. The number of rotatable bonds is 10. The number of ether oxygens (including phenoxy) is 3. The van der Waals surface area contributed by atoms with Crippen molar-refractivity contribution in [2.24, 2.45) is 0 Å². The Kier molecular flexibility index (Phi) is 8.12. The molecule has 0 aliphatic carbocycles. The minimum absolute atomic E-state index is 0.184. The van der Waals surface area contributed by atoms with E-state index in [4.69, 9.17) is 38.0 Å². The molecule has 1 saturated heterocycles. The van der Waals surface area contributed by atoms with Crippen LogP contribution in [-0.2, 0) is 4.74 Å². The fourth-order valence-corrected chi connectivity index (χ4v) is 5.24. The van der Waals surface area contributed by atoms with Crippen LogP contribution in [0, 0.1) is 0 Å². The largest absolute Gasteiger partial charge is 0.494 e. The number of thiocarbonyl (C=S) groups is 1. The lowest BCUT2D eigenvalue weighted by Crippen LogP contribution is -2.30. The zero-order valence-corrected chi connectivity index (χ0v) is 22.8. The number of halogens is 1. The number of nitrogens with zero attached hydrogens (tertiary/aromatic N) is 3. The van der Waals surface area contributed by atoms with Crippen LogP contribution in [0.15, 0.2) is 85.2 Å². The molecule has 196 valence electrons. The van der Waals surface area contributed by atoms with Gasteiger partial charge in [0.15, 0.2) is 5.11 Å². The molecule has 0 bridgehead atoms. The second-order valence-corrected chi connectivity index (χ2v) is 9.48. The van der Waals surface area contributed by atoms with Crippen molar-refractivity contribution in [3.05, 3.63) is 102 Å². The van der Waals surface area contributed by atoms with Crippen LogP contribution in [0.3, 0.4) is 0 Å². The molecule has 1 fully saturated rings. The van der Waals surface area contributed by atoms with Gasteiger partial charge in [0, 0.05) is 36.6 Å². The predicted molar refractivity (Wildman–Crippen MR) is 154 cm³/mol. The van der Waals surface area contributed by atoms with Gasteiger partial charge in [-0.2, -0.15) is 0 Å². The summed E-state index contributed by atoms with van der Waals surface area (Å²) in [4.78, 5) is 6.76. The monoisotopic (exact) mass is 548 g/mol. The van der Waals surface area contributed by atoms with Gasteiger partial charge in [-0.25, -0.2) is 0 Å². The van der Waals surface area contributed by atoms with Crippen LogP contribution >= 0.6 is 23.8 Å². The highest BCUT2D eigenvalue weighted by Crippen LogP contribution is 2.43. The molecule has 0 amide bonds. The number of nitrogens with one attached hydrogen (secondary N) is 1. The predicted octanol–water partition coefficient (Wildman–Crippen LogP) is 6.13. The Morgan fingerprint density at radius 2 is 1.79 bits per heavy atom. The van der Waals surface area contributed by atoms with E-state index in [1.165, 1.54) is 0 Å². The summed E-state index contributed by atoms with van der Waals surface area (Å²) < 4.78 is 18.7. The maximum Gasteiger partial charge on any atom is 0.174 e. The van der Waals surface area contributed by atoms with Gasteiger partial charge in [0.25, 0.3) is 0 Å². The summed E-state index contributed by atoms with van der Waals surface area (Å²) >= 11 is 12.5. The summed E-state index contributed by atoms with van der Waals surface area (Å²) in [5.41, 5.74) is 3.82. The lowest BCUT2D eigenvalue weighted by molar-refractivity contribution is 0.146. The van der Waals surface area contributed by atoms with E-state index in [0.29, 0.717) is 35.7 Å². The quantitative estimate of drug-likeness (QED) is 0.189. The van der Waals surface area contributed by atoms with E-state index in [1.807, 2.05) is 61.5 Å². The number of pyridine rings is 1. The Bertz CT molecular complexity index is 1380. The van der Waals surface area contributed by atoms with Gasteiger partial charge >= 0.3 is 0 Å². The van der Waals surface area contributed by atoms with Gasteiger partial charge in [0.05, 0.1) is 30.0 Å². The molecule has 2 aromatic heterocycles. The Hall–Kier alpha value is -3.59. The molecule has 9 heteroatoms. The molecular weight excluding hydrogens is 520 g/mol. The molecule has 1 aliphatic rings. The van der Waals surface area contributed by atoms with Crippen molar-refractivity contribution in [1.82, 2.24) is 14.9 Å². The van der Waals surface area contributed by atoms with Gasteiger partial charge in [-0.1, -0.05) is 17.7 Å². The Morgan fingerprint density at radius 1 is 0.974 bits per heavy atom. The maximum absolute atomic E-state index is 6.64. The molecule has 1 aliphatic heterocycles. The first-order valence-electron chi connectivity index (χ1n) is 12.4. The molecule has 2 atom stereocenters. The third-order valence-electron chi connectivity index (χ3n) is 6.35. The van der Waals surface area contributed by atoms with Crippen molar-refractivity contribution in [3.8, 4) is 17.2 Å². The SMILES string of the molecule is CCOc1ccc(-n2cccc2[C@@H]2[C@@H](c3ccccn3)NC(=S)N2c2ccc(OCCOC)c(Cl)c2)cc1. The van der Waals surface area contributed by atoms with Crippen molar-refractivity contribution in [1.29, 1.82) is 0 Å². The van der Waals surface area contributed by atoms with Gasteiger partial charge in [-0.3, -0.25) is 4.98 Å². The second kappa shape index (κ2) is 11.9. The van der Waals surface area contributed by atoms with Crippen LogP contribution in [0.1, 0.15) is 30.4 Å². The average molecular weight is 549 g/mol. The third-order valence-corrected chi connectivity index (χ3v) is 6.96. The molecule has 4 aromatic rings. The first kappa shape index (κ1) is 26.0. The van der Waals surface area contributed by atoms with E-state index < -0.39 is 0 Å². The summed E-state index contributed by atoms with van der Waals surface area (Å²) in [5.74, 6) is 1.44. The first-order chi connectivity index (χ1) is 18.6. The van der Waals surface area contributed by atoms with Crippen LogP contribution in [0.25, 0.3) is 5.69 Å². The van der Waals surface area contributed by atoms with E-state index in [-0.39, 0.29) is 12.1 Å². The number of anilines is 1.